The van der Waals surface area contributed by atoms with E-state index in [4.69, 9.17) is 9.47 Å². The third kappa shape index (κ3) is 3.95. The summed E-state index contributed by atoms with van der Waals surface area (Å²) < 4.78 is 11.2. The molecule has 0 amide bonds. The van der Waals surface area contributed by atoms with Crippen molar-refractivity contribution in [3.8, 4) is 0 Å². The van der Waals surface area contributed by atoms with Crippen molar-refractivity contribution < 1.29 is 23.9 Å². The predicted octanol–water partition coefficient (Wildman–Crippen LogP) is 4.01. The van der Waals surface area contributed by atoms with E-state index >= 15 is 0 Å². The maximum atomic E-state index is 13.6. The van der Waals surface area contributed by atoms with Crippen LogP contribution in [-0.2, 0) is 23.9 Å². The fraction of sp³-hybridized carbons (Fsp3) is 0.435. The number of allylic oxidation sites excluding steroid dienone is 3. The van der Waals surface area contributed by atoms with Gasteiger partial charge in [0.2, 0.25) is 0 Å². The summed E-state index contributed by atoms with van der Waals surface area (Å²) in [5.74, 6) is -3.11. The largest absolute Gasteiger partial charge is 0.468 e. The van der Waals surface area contributed by atoms with Gasteiger partial charge in [-0.2, -0.15) is 0 Å². The second-order valence-corrected chi connectivity index (χ2v) is 8.87. The number of benzene rings is 1. The van der Waals surface area contributed by atoms with Gasteiger partial charge < -0.3 is 14.8 Å². The van der Waals surface area contributed by atoms with Crippen LogP contribution in [0.1, 0.15) is 45.6 Å². The minimum Gasteiger partial charge on any atom is -0.468 e. The fourth-order valence-corrected chi connectivity index (χ4v) is 4.76. The van der Waals surface area contributed by atoms with Crippen molar-refractivity contribution in [3.63, 3.8) is 0 Å². The summed E-state index contributed by atoms with van der Waals surface area (Å²) in [6.45, 7) is 7.23. The van der Waals surface area contributed by atoms with Gasteiger partial charge in [-0.3, -0.25) is 9.59 Å². The van der Waals surface area contributed by atoms with Gasteiger partial charge >= 0.3 is 11.9 Å². The van der Waals surface area contributed by atoms with Crippen LogP contribution < -0.4 is 5.32 Å². The number of esters is 2. The molecule has 3 unspecified atom stereocenters. The molecule has 0 aromatic heterocycles. The highest BCUT2D eigenvalue weighted by Crippen LogP contribution is 2.47. The first-order chi connectivity index (χ1) is 14.2. The van der Waals surface area contributed by atoms with Crippen molar-refractivity contribution >= 4 is 33.7 Å². The molecule has 1 aromatic carbocycles. The van der Waals surface area contributed by atoms with Gasteiger partial charge in [-0.05, 0) is 44.7 Å². The molecular formula is C23H26BrNO5. The first-order valence-electron chi connectivity index (χ1n) is 9.95. The van der Waals surface area contributed by atoms with Gasteiger partial charge in [0.25, 0.3) is 0 Å². The summed E-state index contributed by atoms with van der Waals surface area (Å²) in [4.78, 5) is 39.0. The molecule has 0 spiro atoms. The van der Waals surface area contributed by atoms with Crippen LogP contribution in [0.3, 0.4) is 0 Å². The number of ketones is 1. The zero-order chi connectivity index (χ0) is 22.2. The molecule has 160 valence electrons. The molecule has 0 fully saturated rings. The van der Waals surface area contributed by atoms with Crippen molar-refractivity contribution in [2.45, 2.75) is 46.1 Å². The molecule has 1 aliphatic heterocycles. The molecule has 7 heteroatoms. The summed E-state index contributed by atoms with van der Waals surface area (Å²) in [5.41, 5.74) is 2.97. The van der Waals surface area contributed by atoms with Crippen molar-refractivity contribution in [1.82, 2.24) is 5.32 Å². The number of Topliss-reactive ketones (excluding diaryl/α,β-unsaturated/α-hetero) is 1. The number of hydrogen-bond acceptors (Lipinski definition) is 6. The van der Waals surface area contributed by atoms with Crippen LogP contribution in [-0.4, -0.2) is 30.9 Å². The van der Waals surface area contributed by atoms with Crippen LogP contribution in [0.15, 0.2) is 51.3 Å². The Kier molecular flexibility index (Phi) is 6.50. The molecule has 0 saturated heterocycles. The first-order valence-corrected chi connectivity index (χ1v) is 10.7. The number of nitrogens with one attached hydrogen (secondary N) is 1. The normalized spacial score (nSPS) is 23.8. The third-order valence-electron chi connectivity index (χ3n) is 5.52. The number of carbonyl (C=O) groups excluding carboxylic acids is 3. The van der Waals surface area contributed by atoms with Gasteiger partial charge in [0.1, 0.15) is 5.92 Å². The summed E-state index contributed by atoms with van der Waals surface area (Å²) in [7, 11) is 1.28. The van der Waals surface area contributed by atoms with E-state index in [1.54, 1.807) is 13.8 Å². The first kappa shape index (κ1) is 22.3. The molecule has 1 aliphatic carbocycles. The minimum atomic E-state index is -0.902. The van der Waals surface area contributed by atoms with Crippen molar-refractivity contribution in [3.05, 3.63) is 56.8 Å². The van der Waals surface area contributed by atoms with Gasteiger partial charge in [0.15, 0.2) is 5.78 Å². The molecule has 0 saturated carbocycles. The standard InChI is InChI=1S/C23H26BrNO5/c1-11(2)30-23(28)18-13(4)25-16-10-12(3)17(22(27)29-5)21(26)20(16)19(18)14-8-6-7-9-15(14)24/h6-9,11-12,17,19,25H,10H2,1-5H3. The highest BCUT2D eigenvalue weighted by Gasteiger charge is 2.47. The lowest BCUT2D eigenvalue weighted by molar-refractivity contribution is -0.151. The van der Waals surface area contributed by atoms with Crippen LogP contribution in [0.2, 0.25) is 0 Å². The van der Waals surface area contributed by atoms with Crippen molar-refractivity contribution in [2.75, 3.05) is 7.11 Å². The van der Waals surface area contributed by atoms with E-state index in [9.17, 15) is 14.4 Å². The molecule has 6 nitrogen and oxygen atoms in total. The smallest absolute Gasteiger partial charge is 0.337 e. The second-order valence-electron chi connectivity index (χ2n) is 8.01. The molecule has 0 bridgehead atoms. The zero-order valence-electron chi connectivity index (χ0n) is 17.7. The molecule has 3 atom stereocenters. The maximum Gasteiger partial charge on any atom is 0.337 e. The monoisotopic (exact) mass is 475 g/mol. The SMILES string of the molecule is COC(=O)C1C(=O)C2=C(CC1C)NC(C)=C(C(=O)OC(C)C)C2c1ccccc1Br. The van der Waals surface area contributed by atoms with Crippen molar-refractivity contribution in [2.24, 2.45) is 11.8 Å². The van der Waals surface area contributed by atoms with Crippen LogP contribution in [0.25, 0.3) is 0 Å². The Morgan fingerprint density at radius 2 is 1.90 bits per heavy atom. The molecule has 1 N–H and O–H groups in total. The highest BCUT2D eigenvalue weighted by molar-refractivity contribution is 9.10. The van der Waals surface area contributed by atoms with Gasteiger partial charge in [-0.1, -0.05) is 41.1 Å². The van der Waals surface area contributed by atoms with E-state index in [-0.39, 0.29) is 17.8 Å². The number of rotatable bonds is 4. The third-order valence-corrected chi connectivity index (χ3v) is 6.24. The lowest BCUT2D eigenvalue weighted by atomic mass is 9.69. The molecule has 30 heavy (non-hydrogen) atoms. The van der Waals surface area contributed by atoms with Gasteiger partial charge in [0.05, 0.1) is 18.8 Å². The summed E-state index contributed by atoms with van der Waals surface area (Å²) in [6.07, 6.45) is 0.198. The lowest BCUT2D eigenvalue weighted by Crippen LogP contribution is -2.43. The highest BCUT2D eigenvalue weighted by atomic mass is 79.9. The maximum absolute atomic E-state index is 13.6. The predicted molar refractivity (Wildman–Crippen MR) is 115 cm³/mol. The van der Waals surface area contributed by atoms with E-state index in [1.807, 2.05) is 38.1 Å². The van der Waals surface area contributed by atoms with Gasteiger partial charge in [-0.25, -0.2) is 4.79 Å². The molecule has 1 aromatic rings. The van der Waals surface area contributed by atoms with E-state index in [0.717, 1.165) is 15.7 Å². The zero-order valence-corrected chi connectivity index (χ0v) is 19.3. The van der Waals surface area contributed by atoms with Crippen LogP contribution in [0.4, 0.5) is 0 Å². The van der Waals surface area contributed by atoms with E-state index in [1.165, 1.54) is 7.11 Å². The fourth-order valence-electron chi connectivity index (χ4n) is 4.25. The van der Waals surface area contributed by atoms with Crippen LogP contribution in [0, 0.1) is 11.8 Å². The molecule has 0 radical (unpaired) electrons. The Labute approximate surface area is 184 Å². The summed E-state index contributed by atoms with van der Waals surface area (Å²) in [6, 6.07) is 7.47. The van der Waals surface area contributed by atoms with Crippen molar-refractivity contribution in [1.29, 1.82) is 0 Å². The lowest BCUT2D eigenvalue weighted by Gasteiger charge is -2.38. The molecular weight excluding hydrogens is 450 g/mol. The Morgan fingerprint density at radius 3 is 2.50 bits per heavy atom. The number of ether oxygens (including phenoxy) is 2. The Balaban J connectivity index is 2.21. The topological polar surface area (TPSA) is 81.7 Å². The Bertz CT molecular complexity index is 962. The van der Waals surface area contributed by atoms with Crippen LogP contribution >= 0.6 is 15.9 Å². The van der Waals surface area contributed by atoms with Crippen LogP contribution in [0.5, 0.6) is 0 Å². The number of carbonyl (C=O) groups is 3. The number of methoxy groups -OCH3 is 1. The second kappa shape index (κ2) is 8.76. The molecule has 2 aliphatic rings. The van der Waals surface area contributed by atoms with Gasteiger partial charge in [-0.15, -0.1) is 0 Å². The van der Waals surface area contributed by atoms with E-state index in [2.05, 4.69) is 21.2 Å². The molecule has 3 rings (SSSR count). The average Bonchev–Trinajstić information content (AvgIpc) is 2.66. The molecule has 1 heterocycles. The minimum absolute atomic E-state index is 0.215. The summed E-state index contributed by atoms with van der Waals surface area (Å²) >= 11 is 3.56. The van der Waals surface area contributed by atoms with E-state index < -0.39 is 23.8 Å². The number of dihydropyridines is 1. The Hall–Kier alpha value is -2.41. The number of hydrogen-bond donors (Lipinski definition) is 1. The summed E-state index contributed by atoms with van der Waals surface area (Å²) in [5, 5.41) is 3.25. The van der Waals surface area contributed by atoms with E-state index in [0.29, 0.717) is 23.3 Å². The average molecular weight is 476 g/mol. The van der Waals surface area contributed by atoms with Gasteiger partial charge in [0, 0.05) is 27.4 Å². The Morgan fingerprint density at radius 1 is 1.23 bits per heavy atom. The number of halogens is 1. The quantitative estimate of drug-likeness (QED) is 0.523.